The minimum atomic E-state index is -0.587. The molecular formula is C22H27BrFN5O3. The van der Waals surface area contributed by atoms with E-state index in [1.165, 1.54) is 12.1 Å². The Balaban J connectivity index is 1.83. The fourth-order valence-corrected chi connectivity index (χ4v) is 4.34. The van der Waals surface area contributed by atoms with E-state index in [1.54, 1.807) is 38.7 Å². The van der Waals surface area contributed by atoms with Crippen molar-refractivity contribution in [3.05, 3.63) is 51.0 Å². The van der Waals surface area contributed by atoms with E-state index in [0.717, 1.165) is 5.56 Å². The molecule has 0 spiro atoms. The third kappa shape index (κ3) is 5.53. The molecule has 0 saturated heterocycles. The highest BCUT2D eigenvalue weighted by molar-refractivity contribution is 9.10. The number of benzene rings is 1. The highest BCUT2D eigenvalue weighted by Crippen LogP contribution is 2.37. The summed E-state index contributed by atoms with van der Waals surface area (Å²) in [6.45, 7) is 7.80. The van der Waals surface area contributed by atoms with Crippen LogP contribution in [0.15, 0.2) is 22.7 Å². The third-order valence-electron chi connectivity index (χ3n) is 4.99. The molecule has 1 aromatic carbocycles. The topological polar surface area (TPSA) is 110 Å². The zero-order valence-corrected chi connectivity index (χ0v) is 20.1. The van der Waals surface area contributed by atoms with Gasteiger partial charge in [0.25, 0.3) is 5.91 Å². The molecule has 2 amide bonds. The van der Waals surface area contributed by atoms with Gasteiger partial charge >= 0.3 is 6.09 Å². The van der Waals surface area contributed by atoms with Gasteiger partial charge in [0.15, 0.2) is 0 Å². The smallest absolute Gasteiger partial charge is 0.407 e. The van der Waals surface area contributed by atoms with Crippen LogP contribution in [0.5, 0.6) is 0 Å². The fraction of sp³-hybridized carbons (Fsp3) is 0.455. The van der Waals surface area contributed by atoms with Crippen molar-refractivity contribution in [2.75, 3.05) is 18.8 Å². The summed E-state index contributed by atoms with van der Waals surface area (Å²) in [5, 5.41) is 2.71. The van der Waals surface area contributed by atoms with Crippen molar-refractivity contribution in [3.8, 4) is 0 Å². The van der Waals surface area contributed by atoms with Gasteiger partial charge in [-0.3, -0.25) is 4.79 Å². The Bertz CT molecular complexity index is 1040. The van der Waals surface area contributed by atoms with Crippen LogP contribution in [0.4, 0.5) is 15.1 Å². The van der Waals surface area contributed by atoms with Crippen LogP contribution in [0.3, 0.4) is 0 Å². The van der Waals surface area contributed by atoms with Gasteiger partial charge in [-0.1, -0.05) is 22.0 Å². The summed E-state index contributed by atoms with van der Waals surface area (Å²) in [5.41, 5.74) is 7.52. The minimum absolute atomic E-state index is 0.112. The number of hydrogen-bond donors (Lipinski definition) is 2. The maximum Gasteiger partial charge on any atom is 0.407 e. The largest absolute Gasteiger partial charge is 0.444 e. The number of anilines is 1. The van der Waals surface area contributed by atoms with E-state index in [2.05, 4.69) is 31.2 Å². The van der Waals surface area contributed by atoms with Crippen LogP contribution in [-0.2, 0) is 11.2 Å². The van der Waals surface area contributed by atoms with Crippen molar-refractivity contribution in [2.45, 2.75) is 52.2 Å². The van der Waals surface area contributed by atoms with Crippen LogP contribution in [0.2, 0.25) is 0 Å². The number of amides is 2. The van der Waals surface area contributed by atoms with E-state index >= 15 is 0 Å². The number of nitrogen functional groups attached to an aromatic ring is 1. The number of aromatic nitrogens is 2. The number of hydrogen-bond acceptors (Lipinski definition) is 6. The summed E-state index contributed by atoms with van der Waals surface area (Å²) < 4.78 is 19.5. The molecule has 1 aromatic heterocycles. The van der Waals surface area contributed by atoms with Gasteiger partial charge in [0.05, 0.1) is 23.0 Å². The molecule has 0 fully saturated rings. The number of fused-ring (bicyclic) bond motifs is 1. The Hall–Kier alpha value is -2.75. The van der Waals surface area contributed by atoms with Crippen LogP contribution in [0.1, 0.15) is 60.5 Å². The first-order valence-corrected chi connectivity index (χ1v) is 11.1. The van der Waals surface area contributed by atoms with Gasteiger partial charge in [-0.25, -0.2) is 19.2 Å². The predicted molar refractivity (Wildman–Crippen MR) is 122 cm³/mol. The lowest BCUT2D eigenvalue weighted by molar-refractivity contribution is 0.0523. The highest BCUT2D eigenvalue weighted by atomic mass is 79.9. The maximum atomic E-state index is 13.7. The third-order valence-corrected chi connectivity index (χ3v) is 5.67. The number of aryl methyl sites for hydroxylation is 1. The molecule has 10 heteroatoms. The van der Waals surface area contributed by atoms with Gasteiger partial charge in [-0.15, -0.1) is 0 Å². The Kier molecular flexibility index (Phi) is 7.02. The molecule has 0 bridgehead atoms. The molecule has 32 heavy (non-hydrogen) atoms. The maximum absolute atomic E-state index is 13.7. The number of halogens is 2. The van der Waals surface area contributed by atoms with Crippen molar-refractivity contribution in [1.29, 1.82) is 0 Å². The SMILES string of the molecule is Cc1nc(N)nc2c1C(=O)N(CCCNC(=O)OC(C)(C)C)[C@@H](c1ccc(F)cc1Br)C2. The number of nitrogens with zero attached hydrogens (tertiary/aromatic N) is 3. The van der Waals surface area contributed by atoms with Gasteiger partial charge in [0, 0.05) is 24.0 Å². The van der Waals surface area contributed by atoms with Crippen molar-refractivity contribution in [1.82, 2.24) is 20.2 Å². The highest BCUT2D eigenvalue weighted by Gasteiger charge is 2.36. The quantitative estimate of drug-likeness (QED) is 0.593. The second-order valence-electron chi connectivity index (χ2n) is 8.66. The van der Waals surface area contributed by atoms with Crippen LogP contribution < -0.4 is 11.1 Å². The minimum Gasteiger partial charge on any atom is -0.444 e. The molecule has 2 aromatic rings. The van der Waals surface area contributed by atoms with E-state index in [9.17, 15) is 14.0 Å². The van der Waals surface area contributed by atoms with Crippen molar-refractivity contribution >= 4 is 33.9 Å². The van der Waals surface area contributed by atoms with E-state index in [0.29, 0.717) is 47.4 Å². The van der Waals surface area contributed by atoms with Gasteiger partial charge in [0.1, 0.15) is 11.4 Å². The first-order valence-electron chi connectivity index (χ1n) is 10.3. The van der Waals surface area contributed by atoms with Crippen LogP contribution in [0.25, 0.3) is 0 Å². The molecular weight excluding hydrogens is 481 g/mol. The Morgan fingerprint density at radius 3 is 2.75 bits per heavy atom. The molecule has 2 heterocycles. The van der Waals surface area contributed by atoms with Crippen LogP contribution >= 0.6 is 15.9 Å². The molecule has 3 rings (SSSR count). The van der Waals surface area contributed by atoms with Crippen LogP contribution in [0, 0.1) is 12.7 Å². The van der Waals surface area contributed by atoms with Crippen LogP contribution in [-0.4, -0.2) is 45.6 Å². The molecule has 0 saturated carbocycles. The number of nitrogens with two attached hydrogens (primary N) is 1. The second kappa shape index (κ2) is 9.40. The molecule has 1 aliphatic heterocycles. The molecule has 0 aliphatic carbocycles. The predicted octanol–water partition coefficient (Wildman–Crippen LogP) is 3.92. The van der Waals surface area contributed by atoms with E-state index in [1.807, 2.05) is 0 Å². The van der Waals surface area contributed by atoms with Crippen molar-refractivity contribution < 1.29 is 18.7 Å². The average molecular weight is 508 g/mol. The number of carbonyl (C=O) groups is 2. The summed E-state index contributed by atoms with van der Waals surface area (Å²) in [5.74, 6) is -0.484. The van der Waals surface area contributed by atoms with Gasteiger partial charge in [-0.2, -0.15) is 0 Å². The number of ether oxygens (including phenoxy) is 1. The lowest BCUT2D eigenvalue weighted by Gasteiger charge is -2.37. The number of rotatable bonds is 5. The summed E-state index contributed by atoms with van der Waals surface area (Å²) >= 11 is 3.42. The van der Waals surface area contributed by atoms with Gasteiger partial charge in [-0.05, 0) is 51.8 Å². The Morgan fingerprint density at radius 2 is 2.09 bits per heavy atom. The standard InChI is InChI=1S/C22H27BrFN5O3/c1-12-18-16(28-20(25)27-12)11-17(14-7-6-13(24)10-15(14)23)29(19(18)30)9-5-8-26-21(31)32-22(2,3)4/h6-7,10,17H,5,8-9,11H2,1-4H3,(H,26,31)(H2,25,27,28)/t17-/m1/s1. The average Bonchev–Trinajstić information content (AvgIpc) is 2.64. The monoisotopic (exact) mass is 507 g/mol. The Morgan fingerprint density at radius 1 is 1.38 bits per heavy atom. The van der Waals surface area contributed by atoms with E-state index in [4.69, 9.17) is 10.5 Å². The van der Waals surface area contributed by atoms with E-state index in [-0.39, 0.29) is 23.7 Å². The first kappa shape index (κ1) is 23.9. The summed E-state index contributed by atoms with van der Waals surface area (Å²) in [7, 11) is 0. The zero-order valence-electron chi connectivity index (χ0n) is 18.5. The summed E-state index contributed by atoms with van der Waals surface area (Å²) in [6, 6.07) is 4.02. The first-order chi connectivity index (χ1) is 15.0. The summed E-state index contributed by atoms with van der Waals surface area (Å²) in [4.78, 5) is 35.5. The molecule has 1 aliphatic rings. The number of carbonyl (C=O) groups excluding carboxylic acids is 2. The fourth-order valence-electron chi connectivity index (χ4n) is 3.72. The lowest BCUT2D eigenvalue weighted by Crippen LogP contribution is -2.43. The van der Waals surface area contributed by atoms with E-state index < -0.39 is 11.7 Å². The zero-order chi connectivity index (χ0) is 23.6. The molecule has 0 unspecified atom stereocenters. The number of nitrogens with one attached hydrogen (secondary N) is 1. The molecule has 1 atom stereocenters. The van der Waals surface area contributed by atoms with Gasteiger partial charge < -0.3 is 20.7 Å². The molecule has 0 radical (unpaired) electrons. The van der Waals surface area contributed by atoms with Crippen molar-refractivity contribution in [2.24, 2.45) is 0 Å². The molecule has 3 N–H and O–H groups in total. The molecule has 8 nitrogen and oxygen atoms in total. The van der Waals surface area contributed by atoms with Crippen molar-refractivity contribution in [3.63, 3.8) is 0 Å². The van der Waals surface area contributed by atoms with Gasteiger partial charge in [0.2, 0.25) is 5.95 Å². The number of alkyl carbamates (subject to hydrolysis) is 1. The normalized spacial score (nSPS) is 16.0. The second-order valence-corrected chi connectivity index (χ2v) is 9.51. The Labute approximate surface area is 194 Å². The lowest BCUT2D eigenvalue weighted by atomic mass is 9.91. The molecule has 172 valence electrons. The summed E-state index contributed by atoms with van der Waals surface area (Å²) in [6.07, 6.45) is 0.411.